The second kappa shape index (κ2) is 6.19. The Balaban J connectivity index is 2.16. The van der Waals surface area contributed by atoms with Crippen molar-refractivity contribution in [3.05, 3.63) is 85.0 Å². The minimum atomic E-state index is 0.352. The summed E-state index contributed by atoms with van der Waals surface area (Å²) in [6.45, 7) is 9.77. The molecule has 2 rings (SSSR count). The number of benzene rings is 2. The fourth-order valence-corrected chi connectivity index (χ4v) is 2.11. The second-order valence-electron chi connectivity index (χ2n) is 4.90. The topological polar surface area (TPSA) is 0 Å². The highest BCUT2D eigenvalue weighted by molar-refractivity contribution is 5.63. The van der Waals surface area contributed by atoms with E-state index in [0.717, 1.165) is 6.42 Å². The van der Waals surface area contributed by atoms with Crippen molar-refractivity contribution in [1.29, 1.82) is 0 Å². The van der Waals surface area contributed by atoms with E-state index in [0.29, 0.717) is 5.92 Å². The zero-order chi connectivity index (χ0) is 13.7. The van der Waals surface area contributed by atoms with Crippen molar-refractivity contribution in [3.63, 3.8) is 0 Å². The third-order valence-corrected chi connectivity index (χ3v) is 3.42. The second-order valence-corrected chi connectivity index (χ2v) is 4.90. The molecule has 0 radical (unpaired) electrons. The van der Waals surface area contributed by atoms with Crippen molar-refractivity contribution in [2.24, 2.45) is 5.92 Å². The molecule has 0 aliphatic heterocycles. The Bertz CT molecular complexity index is 536. The van der Waals surface area contributed by atoms with Crippen LogP contribution in [0.5, 0.6) is 0 Å². The summed E-state index contributed by atoms with van der Waals surface area (Å²) in [6.07, 6.45) is 4.86. The number of hydrogen-bond acceptors (Lipinski definition) is 0. The maximum absolute atomic E-state index is 3.83. The highest BCUT2D eigenvalue weighted by atomic mass is 14.1. The Hall–Kier alpha value is -2.08. The lowest BCUT2D eigenvalue weighted by atomic mass is 9.97. The largest absolute Gasteiger partial charge is 0.102 e. The van der Waals surface area contributed by atoms with Gasteiger partial charge >= 0.3 is 0 Å². The molecule has 0 saturated heterocycles. The number of aryl methyl sites for hydroxylation is 1. The van der Waals surface area contributed by atoms with Gasteiger partial charge in [-0.05, 0) is 36.0 Å². The lowest BCUT2D eigenvalue weighted by Gasteiger charge is -2.08. The van der Waals surface area contributed by atoms with Crippen molar-refractivity contribution in [2.75, 3.05) is 0 Å². The molecule has 0 saturated carbocycles. The predicted octanol–water partition coefficient (Wildman–Crippen LogP) is 5.19. The fourth-order valence-electron chi connectivity index (χ4n) is 2.11. The molecule has 2 aromatic rings. The van der Waals surface area contributed by atoms with Crippen LogP contribution in [0.3, 0.4) is 0 Å². The highest BCUT2D eigenvalue weighted by Gasteiger charge is 2.02. The molecule has 0 nitrogen and oxygen atoms in total. The van der Waals surface area contributed by atoms with Gasteiger partial charge in [0.05, 0.1) is 0 Å². The van der Waals surface area contributed by atoms with Crippen molar-refractivity contribution >= 4 is 0 Å². The van der Waals surface area contributed by atoms with Gasteiger partial charge in [-0.3, -0.25) is 0 Å². The maximum Gasteiger partial charge on any atom is -0.00184 e. The quantitative estimate of drug-likeness (QED) is 0.638. The van der Waals surface area contributed by atoms with Crippen LogP contribution < -0.4 is 0 Å². The van der Waals surface area contributed by atoms with Crippen LogP contribution >= 0.6 is 0 Å². The molecular weight excluding hydrogens is 228 g/mol. The Labute approximate surface area is 116 Å². The molecule has 0 unspecified atom stereocenters. The molecule has 0 aromatic heterocycles. The van der Waals surface area contributed by atoms with Gasteiger partial charge in [0.1, 0.15) is 0 Å². The van der Waals surface area contributed by atoms with E-state index in [1.54, 1.807) is 0 Å². The van der Waals surface area contributed by atoms with Crippen molar-refractivity contribution in [1.82, 2.24) is 0 Å². The number of hydrogen-bond donors (Lipinski definition) is 0. The predicted molar refractivity (Wildman–Crippen MR) is 84.2 cm³/mol. The van der Waals surface area contributed by atoms with Gasteiger partial charge in [0.15, 0.2) is 0 Å². The first kappa shape index (κ1) is 13.4. The summed E-state index contributed by atoms with van der Waals surface area (Å²) in [4.78, 5) is 0. The molecule has 0 heterocycles. The first-order valence-corrected chi connectivity index (χ1v) is 6.64. The third kappa shape index (κ3) is 3.45. The van der Waals surface area contributed by atoms with Crippen LogP contribution in [0.15, 0.2) is 73.8 Å². The molecule has 2 aromatic carbocycles. The van der Waals surface area contributed by atoms with Crippen LogP contribution in [0.4, 0.5) is 0 Å². The average Bonchev–Trinajstić information content (AvgIpc) is 2.46. The lowest BCUT2D eigenvalue weighted by molar-refractivity contribution is 0.809. The highest BCUT2D eigenvalue weighted by Crippen LogP contribution is 2.21. The van der Waals surface area contributed by atoms with E-state index in [9.17, 15) is 0 Å². The molecule has 19 heavy (non-hydrogen) atoms. The van der Waals surface area contributed by atoms with Crippen LogP contribution in [0, 0.1) is 12.8 Å². The van der Waals surface area contributed by atoms with Gasteiger partial charge in [0, 0.05) is 0 Å². The normalized spacial score (nSPS) is 10.4. The van der Waals surface area contributed by atoms with Gasteiger partial charge < -0.3 is 0 Å². The summed E-state index contributed by atoms with van der Waals surface area (Å²) in [6, 6.07) is 17.4. The summed E-state index contributed by atoms with van der Waals surface area (Å²) in [5, 5.41) is 0. The smallest absolute Gasteiger partial charge is 0.00184 e. The van der Waals surface area contributed by atoms with Crippen LogP contribution in [-0.2, 0) is 6.42 Å². The summed E-state index contributed by atoms with van der Waals surface area (Å²) in [5.74, 6) is 0.352. The van der Waals surface area contributed by atoms with Gasteiger partial charge in [-0.25, -0.2) is 0 Å². The molecule has 0 bridgehead atoms. The number of rotatable bonds is 5. The summed E-state index contributed by atoms with van der Waals surface area (Å²) in [5.41, 5.74) is 5.14. The molecule has 0 heteroatoms. The minimum absolute atomic E-state index is 0.352. The fraction of sp³-hybridized carbons (Fsp3) is 0.158. The van der Waals surface area contributed by atoms with E-state index in [1.165, 1.54) is 22.3 Å². The lowest BCUT2D eigenvalue weighted by Crippen LogP contribution is -1.96. The average molecular weight is 248 g/mol. The molecule has 0 spiro atoms. The first-order valence-electron chi connectivity index (χ1n) is 6.64. The van der Waals surface area contributed by atoms with E-state index >= 15 is 0 Å². The van der Waals surface area contributed by atoms with E-state index in [-0.39, 0.29) is 0 Å². The van der Waals surface area contributed by atoms with Crippen molar-refractivity contribution in [2.45, 2.75) is 13.3 Å². The van der Waals surface area contributed by atoms with Gasteiger partial charge in [0.2, 0.25) is 0 Å². The Morgan fingerprint density at radius 2 is 1.32 bits per heavy atom. The van der Waals surface area contributed by atoms with E-state index in [1.807, 2.05) is 12.2 Å². The summed E-state index contributed by atoms with van der Waals surface area (Å²) < 4.78 is 0. The Kier molecular flexibility index (Phi) is 4.35. The van der Waals surface area contributed by atoms with E-state index in [2.05, 4.69) is 68.6 Å². The monoisotopic (exact) mass is 248 g/mol. The summed E-state index contributed by atoms with van der Waals surface area (Å²) in [7, 11) is 0. The van der Waals surface area contributed by atoms with Crippen LogP contribution in [0.2, 0.25) is 0 Å². The third-order valence-electron chi connectivity index (χ3n) is 3.42. The van der Waals surface area contributed by atoms with Gasteiger partial charge in [-0.1, -0.05) is 66.2 Å². The van der Waals surface area contributed by atoms with E-state index < -0.39 is 0 Å². The Morgan fingerprint density at radius 3 is 1.79 bits per heavy atom. The molecular formula is C19H20. The summed E-state index contributed by atoms with van der Waals surface area (Å²) >= 11 is 0. The number of allylic oxidation sites excluding steroid dienone is 2. The molecule has 0 N–H and O–H groups in total. The standard InChI is InChI=1S/C19H20/c1-4-16(5-2)14-17-8-12-19(13-9-17)18-10-6-15(3)7-11-18/h4-13,16H,1-2,14H2,3H3. The molecule has 0 fully saturated rings. The molecule has 0 aliphatic carbocycles. The molecule has 0 amide bonds. The van der Waals surface area contributed by atoms with Gasteiger partial charge in [-0.15, -0.1) is 13.2 Å². The van der Waals surface area contributed by atoms with Crippen LogP contribution in [0.1, 0.15) is 11.1 Å². The molecule has 96 valence electrons. The van der Waals surface area contributed by atoms with E-state index in [4.69, 9.17) is 0 Å². The van der Waals surface area contributed by atoms with Gasteiger partial charge in [0.25, 0.3) is 0 Å². The van der Waals surface area contributed by atoms with Crippen LogP contribution in [-0.4, -0.2) is 0 Å². The van der Waals surface area contributed by atoms with Crippen molar-refractivity contribution < 1.29 is 0 Å². The van der Waals surface area contributed by atoms with Crippen molar-refractivity contribution in [3.8, 4) is 11.1 Å². The zero-order valence-corrected chi connectivity index (χ0v) is 11.5. The molecule has 0 aliphatic rings. The zero-order valence-electron chi connectivity index (χ0n) is 11.5. The molecule has 0 atom stereocenters. The minimum Gasteiger partial charge on any atom is -0.102 e. The first-order chi connectivity index (χ1) is 9.22. The van der Waals surface area contributed by atoms with Gasteiger partial charge in [-0.2, -0.15) is 0 Å². The van der Waals surface area contributed by atoms with Crippen LogP contribution in [0.25, 0.3) is 11.1 Å². The SMILES string of the molecule is C=CC(C=C)Cc1ccc(-c2ccc(C)cc2)cc1. The Morgan fingerprint density at radius 1 is 0.842 bits per heavy atom. The maximum atomic E-state index is 3.83.